The highest BCUT2D eigenvalue weighted by molar-refractivity contribution is 5.14. The summed E-state index contributed by atoms with van der Waals surface area (Å²) in [6.45, 7) is 3.46. The first-order valence-electron chi connectivity index (χ1n) is 9.66. The van der Waals surface area contributed by atoms with Crippen LogP contribution in [0.4, 0.5) is 0 Å². The van der Waals surface area contributed by atoms with Gasteiger partial charge in [-0.25, -0.2) is 4.79 Å². The van der Waals surface area contributed by atoms with Crippen LogP contribution in [0.2, 0.25) is 0 Å². The summed E-state index contributed by atoms with van der Waals surface area (Å²) in [6, 6.07) is 8.43. The molecule has 3 rings (SSSR count). The van der Waals surface area contributed by atoms with Crippen molar-refractivity contribution < 1.29 is 9.47 Å². The molecule has 1 saturated heterocycles. The van der Waals surface area contributed by atoms with Gasteiger partial charge in [0.1, 0.15) is 17.9 Å². The van der Waals surface area contributed by atoms with Crippen molar-refractivity contribution in [2.75, 3.05) is 6.54 Å². The Balaban J connectivity index is 2.07. The van der Waals surface area contributed by atoms with Gasteiger partial charge < -0.3 is 9.47 Å². The van der Waals surface area contributed by atoms with Crippen molar-refractivity contribution in [3.63, 3.8) is 0 Å². The van der Waals surface area contributed by atoms with E-state index in [4.69, 9.17) is 15.0 Å². The molecule has 2 aromatic rings. The Labute approximate surface area is 176 Å². The molecule has 1 aromatic heterocycles. The number of nitrogens with zero attached hydrogens (tertiary/aromatic N) is 7. The molecule has 2 heterocycles. The molecular formula is C19H22N8O4. The lowest BCUT2D eigenvalue weighted by Crippen LogP contribution is -2.46. The van der Waals surface area contributed by atoms with Gasteiger partial charge in [0, 0.05) is 21.6 Å². The number of nitrogens with one attached hydrogen (secondary N) is 1. The van der Waals surface area contributed by atoms with E-state index in [9.17, 15) is 15.1 Å². The summed E-state index contributed by atoms with van der Waals surface area (Å²) in [5, 5.41) is 7.54. The third kappa shape index (κ3) is 4.47. The number of aryl methyl sites for hydroxylation is 1. The lowest BCUT2D eigenvalue weighted by molar-refractivity contribution is -0.117. The van der Waals surface area contributed by atoms with Crippen LogP contribution in [-0.4, -0.2) is 33.8 Å². The van der Waals surface area contributed by atoms with Gasteiger partial charge in [-0.1, -0.05) is 47.5 Å². The summed E-state index contributed by atoms with van der Waals surface area (Å²) in [5.41, 5.74) is 16.9. The average Bonchev–Trinajstić information content (AvgIpc) is 3.08. The Morgan fingerprint density at radius 3 is 2.65 bits per heavy atom. The number of benzene rings is 1. The van der Waals surface area contributed by atoms with Crippen LogP contribution in [0.3, 0.4) is 0 Å². The Hall–Kier alpha value is -3.56. The quantitative estimate of drug-likeness (QED) is 0.388. The molecule has 31 heavy (non-hydrogen) atoms. The lowest BCUT2D eigenvalue weighted by atomic mass is 9.91. The number of hydrogen-bond donors (Lipinski definition) is 1. The Bertz CT molecular complexity index is 1130. The summed E-state index contributed by atoms with van der Waals surface area (Å²) in [7, 11) is 0. The molecule has 0 aliphatic carbocycles. The third-order valence-electron chi connectivity index (χ3n) is 5.35. The highest BCUT2D eigenvalue weighted by atomic mass is 16.6. The molecule has 12 nitrogen and oxygen atoms in total. The van der Waals surface area contributed by atoms with Crippen molar-refractivity contribution in [1.82, 2.24) is 9.55 Å². The summed E-state index contributed by atoms with van der Waals surface area (Å²) in [5.74, 6) is 0. The molecule has 0 spiro atoms. The van der Waals surface area contributed by atoms with Crippen molar-refractivity contribution in [3.8, 4) is 0 Å². The van der Waals surface area contributed by atoms with Gasteiger partial charge in [-0.05, 0) is 30.0 Å². The Kier molecular flexibility index (Phi) is 6.78. The molecule has 4 atom stereocenters. The smallest absolute Gasteiger partial charge is 0.330 e. The lowest BCUT2D eigenvalue weighted by Gasteiger charge is -2.32. The first-order valence-corrected chi connectivity index (χ1v) is 9.66. The molecule has 162 valence electrons. The van der Waals surface area contributed by atoms with Crippen LogP contribution in [0, 0.1) is 6.92 Å². The van der Waals surface area contributed by atoms with Crippen LogP contribution in [0.5, 0.6) is 0 Å². The van der Waals surface area contributed by atoms with Crippen LogP contribution in [-0.2, 0) is 16.1 Å². The molecule has 12 heteroatoms. The van der Waals surface area contributed by atoms with Gasteiger partial charge >= 0.3 is 5.69 Å². The minimum absolute atomic E-state index is 0.0928. The molecule has 0 bridgehead atoms. The SMILES string of the molecule is CC[C@@]1(CN=[N+]=[N-])O[C@@H](n2cc(C)c(=O)[nH]c2=O)[C@@H](N=[N+]=[N-])C1OCc1ccccc1. The molecule has 0 radical (unpaired) electrons. The van der Waals surface area contributed by atoms with Gasteiger partial charge in [-0.3, -0.25) is 14.3 Å². The molecule has 1 unspecified atom stereocenters. The fraction of sp³-hybridized carbons (Fsp3) is 0.474. The minimum Gasteiger partial charge on any atom is -0.370 e. The van der Waals surface area contributed by atoms with E-state index in [1.807, 2.05) is 37.3 Å². The maximum absolute atomic E-state index is 12.5. The van der Waals surface area contributed by atoms with Crippen molar-refractivity contribution >= 4 is 0 Å². The van der Waals surface area contributed by atoms with E-state index in [2.05, 4.69) is 25.0 Å². The van der Waals surface area contributed by atoms with Gasteiger partial charge in [0.15, 0.2) is 0 Å². The van der Waals surface area contributed by atoms with E-state index in [0.717, 1.165) is 5.56 Å². The minimum atomic E-state index is -1.14. The van der Waals surface area contributed by atoms with Crippen molar-refractivity contribution in [3.05, 3.63) is 89.4 Å². The molecular weight excluding hydrogens is 404 g/mol. The Morgan fingerprint density at radius 1 is 1.26 bits per heavy atom. The van der Waals surface area contributed by atoms with Gasteiger partial charge in [-0.2, -0.15) is 0 Å². The number of H-pyrrole nitrogens is 1. The zero-order chi connectivity index (χ0) is 22.4. The number of aromatic amines is 1. The predicted molar refractivity (Wildman–Crippen MR) is 111 cm³/mol. The molecule has 1 aromatic carbocycles. The monoisotopic (exact) mass is 426 g/mol. The van der Waals surface area contributed by atoms with E-state index in [-0.39, 0.29) is 18.7 Å². The van der Waals surface area contributed by atoms with Crippen molar-refractivity contribution in [1.29, 1.82) is 0 Å². The van der Waals surface area contributed by atoms with Crippen LogP contribution >= 0.6 is 0 Å². The second-order valence-electron chi connectivity index (χ2n) is 7.21. The molecule has 0 saturated carbocycles. The van der Waals surface area contributed by atoms with Gasteiger partial charge in [0.05, 0.1) is 19.3 Å². The molecule has 1 aliphatic rings. The fourth-order valence-electron chi connectivity index (χ4n) is 3.70. The Morgan fingerprint density at radius 2 is 2.00 bits per heavy atom. The van der Waals surface area contributed by atoms with E-state index in [1.54, 1.807) is 6.92 Å². The van der Waals surface area contributed by atoms with E-state index < -0.39 is 35.2 Å². The van der Waals surface area contributed by atoms with E-state index >= 15 is 0 Å². The largest absolute Gasteiger partial charge is 0.370 e. The van der Waals surface area contributed by atoms with E-state index in [0.29, 0.717) is 6.42 Å². The summed E-state index contributed by atoms with van der Waals surface area (Å²) in [6.07, 6.45) is -0.174. The number of ether oxygens (including phenoxy) is 2. The highest BCUT2D eigenvalue weighted by Crippen LogP contribution is 2.43. The number of azide groups is 2. The van der Waals surface area contributed by atoms with Crippen LogP contribution < -0.4 is 11.2 Å². The number of rotatable bonds is 8. The zero-order valence-corrected chi connectivity index (χ0v) is 17.1. The highest BCUT2D eigenvalue weighted by Gasteiger charge is 2.55. The van der Waals surface area contributed by atoms with Crippen LogP contribution in [0.1, 0.15) is 30.7 Å². The maximum atomic E-state index is 12.5. The van der Waals surface area contributed by atoms with Crippen LogP contribution in [0.15, 0.2) is 56.3 Å². The van der Waals surface area contributed by atoms with Crippen molar-refractivity contribution in [2.45, 2.75) is 50.8 Å². The third-order valence-corrected chi connectivity index (χ3v) is 5.35. The normalized spacial score (nSPS) is 24.9. The summed E-state index contributed by atoms with van der Waals surface area (Å²) in [4.78, 5) is 32.3. The fourth-order valence-corrected chi connectivity index (χ4v) is 3.70. The average molecular weight is 426 g/mol. The van der Waals surface area contributed by atoms with Gasteiger partial charge in [-0.15, -0.1) is 0 Å². The van der Waals surface area contributed by atoms with Crippen LogP contribution in [0.25, 0.3) is 20.9 Å². The van der Waals surface area contributed by atoms with E-state index in [1.165, 1.54) is 10.8 Å². The predicted octanol–water partition coefficient (Wildman–Crippen LogP) is 3.10. The number of hydrogen-bond acceptors (Lipinski definition) is 6. The van der Waals surface area contributed by atoms with Gasteiger partial charge in [0.2, 0.25) is 0 Å². The van der Waals surface area contributed by atoms with Gasteiger partial charge in [0.25, 0.3) is 5.56 Å². The first kappa shape index (κ1) is 22.1. The second-order valence-corrected chi connectivity index (χ2v) is 7.21. The molecule has 1 N–H and O–H groups in total. The summed E-state index contributed by atoms with van der Waals surface area (Å²) >= 11 is 0. The standard InChI is InChI=1S/C19H22N8O4/c1-3-19(11-22-25-20)15(30-10-13-7-5-4-6-8-13)14(24-26-21)17(31-19)27-9-12(2)16(28)23-18(27)29/h4-9,14-15,17H,3,10-11H2,1-2H3,(H,23,28,29)/t14-,15?,17+,19-/m0/s1. The first-order chi connectivity index (χ1) is 15.0. The zero-order valence-electron chi connectivity index (χ0n) is 17.1. The topological polar surface area (TPSA) is 171 Å². The second kappa shape index (κ2) is 9.50. The number of aromatic nitrogens is 2. The maximum Gasteiger partial charge on any atom is 0.330 e. The molecule has 1 aliphatic heterocycles. The van der Waals surface area contributed by atoms with Crippen molar-refractivity contribution in [2.24, 2.45) is 10.2 Å². The summed E-state index contributed by atoms with van der Waals surface area (Å²) < 4.78 is 13.5. The molecule has 0 amide bonds. The molecule has 1 fully saturated rings.